The number of nitrogens with zero attached hydrogens (tertiary/aromatic N) is 3. The molecule has 0 fully saturated rings. The summed E-state index contributed by atoms with van der Waals surface area (Å²) in [7, 11) is 1.98. The number of aryl methyl sites for hydroxylation is 2. The lowest BCUT2D eigenvalue weighted by Crippen LogP contribution is -2.10. The van der Waals surface area contributed by atoms with Crippen LogP contribution in [0, 0.1) is 5.92 Å². The lowest BCUT2D eigenvalue weighted by molar-refractivity contribution is 0.435. The van der Waals surface area contributed by atoms with Crippen LogP contribution in [-0.2, 0) is 13.5 Å². The predicted molar refractivity (Wildman–Crippen MR) is 80.1 cm³/mol. The monoisotopic (exact) mass is 278 g/mol. The van der Waals surface area contributed by atoms with Crippen LogP contribution in [0.25, 0.3) is 10.7 Å². The van der Waals surface area contributed by atoms with Crippen molar-refractivity contribution >= 4 is 11.3 Å². The van der Waals surface area contributed by atoms with Gasteiger partial charge >= 0.3 is 0 Å². The van der Waals surface area contributed by atoms with Crippen molar-refractivity contribution in [2.45, 2.75) is 32.6 Å². The van der Waals surface area contributed by atoms with E-state index in [4.69, 9.17) is 5.73 Å². The Balaban J connectivity index is 2.01. The summed E-state index contributed by atoms with van der Waals surface area (Å²) < 4.78 is 1.91. The van der Waals surface area contributed by atoms with E-state index < -0.39 is 0 Å². The Morgan fingerprint density at radius 1 is 1.42 bits per heavy atom. The van der Waals surface area contributed by atoms with Gasteiger partial charge in [-0.25, -0.2) is 4.98 Å². The van der Waals surface area contributed by atoms with E-state index >= 15 is 0 Å². The molecule has 19 heavy (non-hydrogen) atoms. The summed E-state index contributed by atoms with van der Waals surface area (Å²) in [6.45, 7) is 3.01. The van der Waals surface area contributed by atoms with Crippen LogP contribution in [0.2, 0.25) is 0 Å². The Hall–Kier alpha value is -1.20. The second-order valence-electron chi connectivity index (χ2n) is 4.84. The zero-order chi connectivity index (χ0) is 13.7. The highest BCUT2D eigenvalue weighted by Crippen LogP contribution is 2.22. The van der Waals surface area contributed by atoms with Crippen LogP contribution in [0.1, 0.15) is 32.0 Å². The molecule has 104 valence electrons. The zero-order valence-corrected chi connectivity index (χ0v) is 12.5. The molecule has 1 atom stereocenters. The number of aromatic nitrogens is 3. The molecule has 2 aromatic heterocycles. The van der Waals surface area contributed by atoms with Gasteiger partial charge in [0.05, 0.1) is 4.88 Å². The van der Waals surface area contributed by atoms with E-state index in [9.17, 15) is 0 Å². The highest BCUT2D eigenvalue weighted by molar-refractivity contribution is 7.13. The highest BCUT2D eigenvalue weighted by Gasteiger charge is 2.12. The Labute approximate surface area is 118 Å². The maximum Gasteiger partial charge on any atom is 0.191 e. The van der Waals surface area contributed by atoms with Gasteiger partial charge in [-0.1, -0.05) is 19.4 Å². The molecular weight excluding hydrogens is 256 g/mol. The molecule has 0 saturated heterocycles. The van der Waals surface area contributed by atoms with Gasteiger partial charge in [-0.3, -0.25) is 4.68 Å². The average molecular weight is 278 g/mol. The molecule has 0 aliphatic carbocycles. The molecule has 0 aromatic carbocycles. The third kappa shape index (κ3) is 3.64. The topological polar surface area (TPSA) is 56.7 Å². The van der Waals surface area contributed by atoms with Gasteiger partial charge in [-0.05, 0) is 36.8 Å². The van der Waals surface area contributed by atoms with Gasteiger partial charge in [0, 0.05) is 13.5 Å². The maximum atomic E-state index is 5.64. The fourth-order valence-corrected chi connectivity index (χ4v) is 2.92. The van der Waals surface area contributed by atoms with Crippen LogP contribution in [0.5, 0.6) is 0 Å². The van der Waals surface area contributed by atoms with Crippen LogP contribution in [0.4, 0.5) is 0 Å². The zero-order valence-electron chi connectivity index (χ0n) is 11.7. The van der Waals surface area contributed by atoms with Crippen molar-refractivity contribution in [2.24, 2.45) is 18.7 Å². The second kappa shape index (κ2) is 6.82. The molecule has 0 aliphatic heterocycles. The molecule has 0 aliphatic rings. The minimum atomic E-state index is 0.701. The molecule has 0 bridgehead atoms. The number of hydrogen-bond donors (Lipinski definition) is 1. The van der Waals surface area contributed by atoms with Gasteiger partial charge in [-0.15, -0.1) is 11.3 Å². The highest BCUT2D eigenvalue weighted by atomic mass is 32.1. The molecule has 5 heteroatoms. The molecule has 2 N–H and O–H groups in total. The third-order valence-electron chi connectivity index (χ3n) is 3.52. The normalized spacial score (nSPS) is 12.8. The molecule has 1 unspecified atom stereocenters. The van der Waals surface area contributed by atoms with Crippen molar-refractivity contribution < 1.29 is 0 Å². The molecule has 4 nitrogen and oxygen atoms in total. The molecule has 0 amide bonds. The summed E-state index contributed by atoms with van der Waals surface area (Å²) >= 11 is 1.68. The van der Waals surface area contributed by atoms with Gasteiger partial charge in [0.1, 0.15) is 5.82 Å². The SMILES string of the molecule is CCC(CCN)CCc1nc(-c2cccs2)nn1C. The van der Waals surface area contributed by atoms with Gasteiger partial charge in [0.15, 0.2) is 5.82 Å². The first-order valence-corrected chi connectivity index (χ1v) is 7.76. The Morgan fingerprint density at radius 3 is 2.89 bits per heavy atom. The smallest absolute Gasteiger partial charge is 0.191 e. The molecule has 0 saturated carbocycles. The van der Waals surface area contributed by atoms with Crippen molar-refractivity contribution in [1.82, 2.24) is 14.8 Å². The summed E-state index contributed by atoms with van der Waals surface area (Å²) in [4.78, 5) is 5.78. The number of rotatable bonds is 7. The van der Waals surface area contributed by atoms with Crippen molar-refractivity contribution in [2.75, 3.05) is 6.54 Å². The summed E-state index contributed by atoms with van der Waals surface area (Å²) in [5.74, 6) is 2.62. The van der Waals surface area contributed by atoms with E-state index in [1.807, 2.05) is 17.8 Å². The molecule has 2 rings (SSSR count). The quantitative estimate of drug-likeness (QED) is 0.847. The number of nitrogens with two attached hydrogens (primary N) is 1. The Bertz CT molecular complexity index is 490. The van der Waals surface area contributed by atoms with E-state index in [2.05, 4.69) is 28.5 Å². The minimum Gasteiger partial charge on any atom is -0.330 e. The van der Waals surface area contributed by atoms with E-state index in [1.165, 1.54) is 6.42 Å². The molecule has 0 spiro atoms. The van der Waals surface area contributed by atoms with Crippen LogP contribution in [-0.4, -0.2) is 21.3 Å². The van der Waals surface area contributed by atoms with E-state index in [1.54, 1.807) is 11.3 Å². The van der Waals surface area contributed by atoms with Gasteiger partial charge < -0.3 is 5.73 Å². The summed E-state index contributed by atoms with van der Waals surface area (Å²) in [6.07, 6.45) is 4.41. The lowest BCUT2D eigenvalue weighted by atomic mass is 9.96. The van der Waals surface area contributed by atoms with Gasteiger partial charge in [0.25, 0.3) is 0 Å². The Morgan fingerprint density at radius 2 is 2.26 bits per heavy atom. The Kier molecular flexibility index (Phi) is 5.10. The van der Waals surface area contributed by atoms with Crippen LogP contribution in [0.15, 0.2) is 17.5 Å². The third-order valence-corrected chi connectivity index (χ3v) is 4.39. The average Bonchev–Trinajstić information content (AvgIpc) is 3.04. The van der Waals surface area contributed by atoms with E-state index in [-0.39, 0.29) is 0 Å². The summed E-state index contributed by atoms with van der Waals surface area (Å²) in [5.41, 5.74) is 5.64. The first-order valence-electron chi connectivity index (χ1n) is 6.88. The number of thiophene rings is 1. The number of hydrogen-bond acceptors (Lipinski definition) is 4. The first kappa shape index (κ1) is 14.2. The second-order valence-corrected chi connectivity index (χ2v) is 5.79. The molecule has 0 radical (unpaired) electrons. The molecule has 2 heterocycles. The fraction of sp³-hybridized carbons (Fsp3) is 0.571. The van der Waals surface area contributed by atoms with E-state index in [0.29, 0.717) is 5.92 Å². The molecular formula is C14H22N4S. The summed E-state index contributed by atoms with van der Waals surface area (Å²) in [6, 6.07) is 4.09. The van der Waals surface area contributed by atoms with Crippen molar-refractivity contribution in [3.8, 4) is 10.7 Å². The van der Waals surface area contributed by atoms with E-state index in [0.717, 1.165) is 42.3 Å². The molecule has 2 aromatic rings. The van der Waals surface area contributed by atoms with Crippen molar-refractivity contribution in [1.29, 1.82) is 0 Å². The predicted octanol–water partition coefficient (Wildman–Crippen LogP) is 2.85. The lowest BCUT2D eigenvalue weighted by Gasteiger charge is -2.12. The minimum absolute atomic E-state index is 0.701. The van der Waals surface area contributed by atoms with Crippen LogP contribution in [0.3, 0.4) is 0 Å². The largest absolute Gasteiger partial charge is 0.330 e. The maximum absolute atomic E-state index is 5.64. The standard InChI is InChI=1S/C14H22N4S/c1-3-11(8-9-15)6-7-13-16-14(17-18(13)2)12-5-4-10-19-12/h4-5,10-11H,3,6-9,15H2,1-2H3. The van der Waals surface area contributed by atoms with Crippen LogP contribution < -0.4 is 5.73 Å². The fourth-order valence-electron chi connectivity index (χ4n) is 2.27. The van der Waals surface area contributed by atoms with Gasteiger partial charge in [0.2, 0.25) is 0 Å². The summed E-state index contributed by atoms with van der Waals surface area (Å²) in [5, 5.41) is 6.55. The van der Waals surface area contributed by atoms with Crippen molar-refractivity contribution in [3.63, 3.8) is 0 Å². The van der Waals surface area contributed by atoms with Crippen molar-refractivity contribution in [3.05, 3.63) is 23.3 Å². The van der Waals surface area contributed by atoms with Crippen LogP contribution >= 0.6 is 11.3 Å². The van der Waals surface area contributed by atoms with Gasteiger partial charge in [-0.2, -0.15) is 5.10 Å². The first-order chi connectivity index (χ1) is 9.24.